The Kier molecular flexibility index (Phi) is 5.76. The van der Waals surface area contributed by atoms with E-state index >= 15 is 0 Å². The van der Waals surface area contributed by atoms with E-state index in [1.807, 2.05) is 24.3 Å². The Hall–Kier alpha value is -2.87. The maximum atomic E-state index is 12.5. The summed E-state index contributed by atoms with van der Waals surface area (Å²) in [6, 6.07) is 12.5. The van der Waals surface area contributed by atoms with Crippen molar-refractivity contribution in [2.24, 2.45) is 0 Å². The molecule has 156 valence electrons. The standard InChI is InChI=1S/C22H21BrN2O5/c1-24(12-15-13-29-18-5-2-3-6-19(18)30-15)20(26)7-4-10-25-21(27)16-9-8-14(23)11-17(16)22(25)28/h2-3,5-6,8-9,11,15H,4,7,10,12-13H2,1H3. The maximum Gasteiger partial charge on any atom is 0.261 e. The first-order valence-electron chi connectivity index (χ1n) is 9.72. The Bertz CT molecular complexity index is 1010. The molecule has 0 aromatic heterocycles. The van der Waals surface area contributed by atoms with Crippen molar-refractivity contribution < 1.29 is 23.9 Å². The van der Waals surface area contributed by atoms with Crippen LogP contribution in [0.15, 0.2) is 46.9 Å². The number of para-hydroxylation sites is 2. The number of nitrogens with zero attached hydrogens (tertiary/aromatic N) is 2. The number of hydrogen-bond acceptors (Lipinski definition) is 5. The number of fused-ring (bicyclic) bond motifs is 2. The molecule has 0 saturated heterocycles. The molecule has 0 saturated carbocycles. The Morgan fingerprint density at radius 3 is 2.67 bits per heavy atom. The van der Waals surface area contributed by atoms with E-state index in [-0.39, 0.29) is 36.8 Å². The van der Waals surface area contributed by atoms with E-state index in [1.165, 1.54) is 4.90 Å². The van der Waals surface area contributed by atoms with Crippen LogP contribution >= 0.6 is 15.9 Å². The molecule has 0 aliphatic carbocycles. The lowest BCUT2D eigenvalue weighted by molar-refractivity contribution is -0.131. The summed E-state index contributed by atoms with van der Waals surface area (Å²) < 4.78 is 12.3. The summed E-state index contributed by atoms with van der Waals surface area (Å²) in [5.41, 5.74) is 0.800. The van der Waals surface area contributed by atoms with Crippen LogP contribution in [0.5, 0.6) is 11.5 Å². The van der Waals surface area contributed by atoms with E-state index in [9.17, 15) is 14.4 Å². The third-order valence-electron chi connectivity index (χ3n) is 5.18. The van der Waals surface area contributed by atoms with Crippen molar-refractivity contribution in [1.82, 2.24) is 9.80 Å². The van der Waals surface area contributed by atoms with Gasteiger partial charge < -0.3 is 14.4 Å². The minimum Gasteiger partial charge on any atom is -0.486 e. The third-order valence-corrected chi connectivity index (χ3v) is 5.67. The van der Waals surface area contributed by atoms with E-state index in [2.05, 4.69) is 15.9 Å². The second kappa shape index (κ2) is 8.47. The molecule has 2 aromatic carbocycles. The van der Waals surface area contributed by atoms with Crippen molar-refractivity contribution in [2.75, 3.05) is 26.7 Å². The number of carbonyl (C=O) groups excluding carboxylic acids is 3. The summed E-state index contributed by atoms with van der Waals surface area (Å²) in [5, 5.41) is 0. The molecule has 2 heterocycles. The largest absolute Gasteiger partial charge is 0.486 e. The lowest BCUT2D eigenvalue weighted by atomic mass is 10.1. The average Bonchev–Trinajstić information content (AvgIpc) is 2.97. The van der Waals surface area contributed by atoms with Gasteiger partial charge in [0.1, 0.15) is 6.61 Å². The third kappa shape index (κ3) is 4.05. The molecule has 8 heteroatoms. The van der Waals surface area contributed by atoms with Crippen molar-refractivity contribution in [3.63, 3.8) is 0 Å². The Morgan fingerprint density at radius 1 is 1.13 bits per heavy atom. The van der Waals surface area contributed by atoms with Crippen LogP contribution in [-0.2, 0) is 4.79 Å². The van der Waals surface area contributed by atoms with Gasteiger partial charge in [-0.2, -0.15) is 0 Å². The number of likely N-dealkylation sites (N-methyl/N-ethyl adjacent to an activating group) is 1. The van der Waals surface area contributed by atoms with E-state index in [4.69, 9.17) is 9.47 Å². The first kappa shape index (κ1) is 20.4. The number of rotatable bonds is 6. The normalized spacial score (nSPS) is 17.1. The highest BCUT2D eigenvalue weighted by atomic mass is 79.9. The molecule has 1 atom stereocenters. The highest BCUT2D eigenvalue weighted by Gasteiger charge is 2.35. The van der Waals surface area contributed by atoms with Gasteiger partial charge in [-0.3, -0.25) is 19.3 Å². The number of halogens is 1. The number of imide groups is 1. The second-order valence-electron chi connectivity index (χ2n) is 7.33. The lowest BCUT2D eigenvalue weighted by Gasteiger charge is -2.29. The van der Waals surface area contributed by atoms with Crippen molar-refractivity contribution in [3.05, 3.63) is 58.1 Å². The van der Waals surface area contributed by atoms with Crippen LogP contribution in [-0.4, -0.2) is 60.4 Å². The van der Waals surface area contributed by atoms with Crippen LogP contribution in [0, 0.1) is 0 Å². The van der Waals surface area contributed by atoms with Gasteiger partial charge in [0.15, 0.2) is 17.6 Å². The second-order valence-corrected chi connectivity index (χ2v) is 8.24. The molecule has 0 fully saturated rings. The fourth-order valence-corrected chi connectivity index (χ4v) is 3.97. The Morgan fingerprint density at radius 2 is 1.87 bits per heavy atom. The number of carbonyl (C=O) groups is 3. The van der Waals surface area contributed by atoms with Crippen LogP contribution < -0.4 is 9.47 Å². The zero-order valence-corrected chi connectivity index (χ0v) is 18.1. The number of amides is 3. The summed E-state index contributed by atoms with van der Waals surface area (Å²) in [4.78, 5) is 40.2. The molecular weight excluding hydrogens is 452 g/mol. The van der Waals surface area contributed by atoms with Crippen LogP contribution in [0.25, 0.3) is 0 Å². The molecule has 0 bridgehead atoms. The molecule has 4 rings (SSSR count). The van der Waals surface area contributed by atoms with Gasteiger partial charge in [-0.05, 0) is 36.8 Å². The van der Waals surface area contributed by atoms with Gasteiger partial charge >= 0.3 is 0 Å². The quantitative estimate of drug-likeness (QED) is 0.603. The fourth-order valence-electron chi connectivity index (χ4n) is 3.61. The van der Waals surface area contributed by atoms with Crippen molar-refractivity contribution in [2.45, 2.75) is 18.9 Å². The van der Waals surface area contributed by atoms with Gasteiger partial charge in [-0.25, -0.2) is 0 Å². The maximum absolute atomic E-state index is 12.5. The number of hydrogen-bond donors (Lipinski definition) is 0. The summed E-state index contributed by atoms with van der Waals surface area (Å²) in [6.45, 7) is 0.980. The van der Waals surface area contributed by atoms with E-state index in [0.717, 1.165) is 4.47 Å². The van der Waals surface area contributed by atoms with Gasteiger partial charge in [0.05, 0.1) is 17.7 Å². The van der Waals surface area contributed by atoms with Gasteiger partial charge in [-0.15, -0.1) is 0 Å². The van der Waals surface area contributed by atoms with Crippen LogP contribution in [0.1, 0.15) is 33.6 Å². The summed E-state index contributed by atoms with van der Waals surface area (Å²) >= 11 is 3.32. The first-order valence-corrected chi connectivity index (χ1v) is 10.5. The van der Waals surface area contributed by atoms with E-state index in [0.29, 0.717) is 42.2 Å². The monoisotopic (exact) mass is 472 g/mol. The lowest BCUT2D eigenvalue weighted by Crippen LogP contribution is -2.42. The Labute approximate surface area is 182 Å². The zero-order chi connectivity index (χ0) is 21.3. The molecule has 2 aromatic rings. The topological polar surface area (TPSA) is 76.2 Å². The zero-order valence-electron chi connectivity index (χ0n) is 16.5. The predicted molar refractivity (Wildman–Crippen MR) is 113 cm³/mol. The molecule has 7 nitrogen and oxygen atoms in total. The average molecular weight is 473 g/mol. The summed E-state index contributed by atoms with van der Waals surface area (Å²) in [6.07, 6.45) is 0.391. The molecule has 1 unspecified atom stereocenters. The molecular formula is C22H21BrN2O5. The minimum absolute atomic E-state index is 0.0724. The molecule has 2 aliphatic rings. The number of ether oxygens (including phenoxy) is 2. The molecule has 0 N–H and O–H groups in total. The summed E-state index contributed by atoms with van der Waals surface area (Å²) in [5.74, 6) is 0.678. The van der Waals surface area contributed by atoms with E-state index < -0.39 is 0 Å². The van der Waals surface area contributed by atoms with Gasteiger partial charge in [0.25, 0.3) is 11.8 Å². The fraction of sp³-hybridized carbons (Fsp3) is 0.318. The van der Waals surface area contributed by atoms with Crippen molar-refractivity contribution in [1.29, 1.82) is 0 Å². The van der Waals surface area contributed by atoms with Crippen molar-refractivity contribution >= 4 is 33.7 Å². The van der Waals surface area contributed by atoms with Crippen LogP contribution in [0.3, 0.4) is 0 Å². The van der Waals surface area contributed by atoms with E-state index in [1.54, 1.807) is 30.1 Å². The first-order chi connectivity index (χ1) is 14.4. The minimum atomic E-state index is -0.316. The van der Waals surface area contributed by atoms with Gasteiger partial charge in [0, 0.05) is 24.5 Å². The van der Waals surface area contributed by atoms with Crippen LogP contribution in [0.2, 0.25) is 0 Å². The molecule has 3 amide bonds. The van der Waals surface area contributed by atoms with Crippen molar-refractivity contribution in [3.8, 4) is 11.5 Å². The molecule has 2 aliphatic heterocycles. The number of benzene rings is 2. The molecule has 0 spiro atoms. The predicted octanol–water partition coefficient (Wildman–Crippen LogP) is 3.12. The molecule has 0 radical (unpaired) electrons. The SMILES string of the molecule is CN(CC1COc2ccccc2O1)C(=O)CCCN1C(=O)c2ccc(Br)cc2C1=O. The molecule has 30 heavy (non-hydrogen) atoms. The smallest absolute Gasteiger partial charge is 0.261 e. The van der Waals surface area contributed by atoms with Crippen LogP contribution in [0.4, 0.5) is 0 Å². The highest BCUT2D eigenvalue weighted by Crippen LogP contribution is 2.31. The summed E-state index contributed by atoms with van der Waals surface area (Å²) in [7, 11) is 1.71. The van der Waals surface area contributed by atoms with Gasteiger partial charge in [-0.1, -0.05) is 28.1 Å². The highest BCUT2D eigenvalue weighted by molar-refractivity contribution is 9.10. The van der Waals surface area contributed by atoms with Gasteiger partial charge in [0.2, 0.25) is 5.91 Å². The Balaban J connectivity index is 1.26.